The van der Waals surface area contributed by atoms with Crippen molar-refractivity contribution in [2.45, 2.75) is 83.6 Å². The monoisotopic (exact) mass is 572 g/mol. The van der Waals surface area contributed by atoms with Crippen molar-refractivity contribution >= 4 is 40.2 Å². The van der Waals surface area contributed by atoms with Crippen LogP contribution in [0.4, 0.5) is 5.00 Å². The van der Waals surface area contributed by atoms with E-state index in [2.05, 4.69) is 48.7 Å². The molecule has 9 heteroatoms. The topological polar surface area (TPSA) is 119 Å². The Morgan fingerprint density at radius 1 is 1.32 bits per heavy atom. The number of aromatic nitrogens is 2. The van der Waals surface area contributed by atoms with Gasteiger partial charge in [-0.3, -0.25) is 14.7 Å². The molecule has 2 atom stereocenters. The minimum atomic E-state index is 0.130. The lowest BCUT2D eigenvalue weighted by Crippen LogP contribution is -2.25. The SMILES string of the molecule is C=N/C(=C\C(CC[C@@H]1CCCN1C)=NCC(=N)/C(CCC)=C(\C)C1CCCc2sc(N)c(C#N)c21)c1ccn(C)n1. The molecule has 1 fully saturated rings. The van der Waals surface area contributed by atoms with Crippen LogP contribution in [0.3, 0.4) is 0 Å². The lowest BCUT2D eigenvalue weighted by atomic mass is 9.78. The van der Waals surface area contributed by atoms with Crippen molar-refractivity contribution in [1.82, 2.24) is 14.7 Å². The van der Waals surface area contributed by atoms with Gasteiger partial charge in [0.1, 0.15) is 16.8 Å². The van der Waals surface area contributed by atoms with E-state index in [9.17, 15) is 10.7 Å². The number of likely N-dealkylation sites (tertiary alicyclic amines) is 1. The van der Waals surface area contributed by atoms with Gasteiger partial charge in [0.25, 0.3) is 0 Å². The summed E-state index contributed by atoms with van der Waals surface area (Å²) >= 11 is 1.56. The molecule has 1 unspecified atom stereocenters. The van der Waals surface area contributed by atoms with E-state index in [-0.39, 0.29) is 5.92 Å². The van der Waals surface area contributed by atoms with E-state index in [1.54, 1.807) is 16.0 Å². The highest BCUT2D eigenvalue weighted by atomic mass is 32.1. The number of nitrogens with one attached hydrogen (secondary N) is 1. The molecule has 2 aromatic heterocycles. The number of nitriles is 1. The minimum absolute atomic E-state index is 0.130. The quantitative estimate of drug-likeness (QED) is 0.280. The number of aliphatic imine (C=N–C) groups is 2. The van der Waals surface area contributed by atoms with E-state index in [1.807, 2.05) is 25.4 Å². The molecule has 3 heterocycles. The van der Waals surface area contributed by atoms with Gasteiger partial charge in [0.05, 0.1) is 23.5 Å². The number of nitrogen functional groups attached to an aromatic ring is 1. The number of allylic oxidation sites excluding steroid dienone is 2. The Kier molecular flexibility index (Phi) is 10.5. The van der Waals surface area contributed by atoms with Crippen LogP contribution in [0.5, 0.6) is 0 Å². The molecule has 1 aliphatic carbocycles. The summed E-state index contributed by atoms with van der Waals surface area (Å²) in [5.74, 6) is 0.130. The van der Waals surface area contributed by atoms with E-state index < -0.39 is 0 Å². The summed E-state index contributed by atoms with van der Waals surface area (Å²) in [4.78, 5) is 13.0. The van der Waals surface area contributed by atoms with Crippen molar-refractivity contribution in [1.29, 1.82) is 10.7 Å². The Bertz CT molecular complexity index is 1400. The normalized spacial score (nSPS) is 20.5. The number of nitrogens with zero attached hydrogens (tertiary/aromatic N) is 6. The molecule has 4 rings (SSSR count). The number of nitrogens with two attached hydrogens (primary N) is 1. The molecule has 2 aliphatic rings. The third-order valence-electron chi connectivity index (χ3n) is 8.56. The second-order valence-electron chi connectivity index (χ2n) is 11.3. The Balaban J connectivity index is 1.63. The summed E-state index contributed by atoms with van der Waals surface area (Å²) < 4.78 is 1.76. The molecule has 0 aromatic carbocycles. The van der Waals surface area contributed by atoms with Crippen LogP contribution in [0, 0.1) is 16.7 Å². The van der Waals surface area contributed by atoms with E-state index in [0.717, 1.165) is 74.0 Å². The highest BCUT2D eigenvalue weighted by molar-refractivity contribution is 7.16. The van der Waals surface area contributed by atoms with Crippen molar-refractivity contribution in [3.63, 3.8) is 0 Å². The number of hydrogen-bond donors (Lipinski definition) is 2. The Labute approximate surface area is 248 Å². The summed E-state index contributed by atoms with van der Waals surface area (Å²) in [6, 6.07) is 4.85. The molecule has 2 aromatic rings. The fourth-order valence-electron chi connectivity index (χ4n) is 6.31. The molecule has 8 nitrogen and oxygen atoms in total. The Hall–Kier alpha value is -3.35. The molecule has 1 aliphatic heterocycles. The largest absolute Gasteiger partial charge is 0.389 e. The van der Waals surface area contributed by atoms with Crippen LogP contribution in [0.25, 0.3) is 5.70 Å². The van der Waals surface area contributed by atoms with E-state index in [1.165, 1.54) is 23.3 Å². The molecule has 0 radical (unpaired) electrons. The fraction of sp³-hybridized carbons (Fsp3) is 0.531. The van der Waals surface area contributed by atoms with Crippen LogP contribution in [0.1, 0.15) is 92.8 Å². The molecule has 218 valence electrons. The molecule has 1 saturated heterocycles. The zero-order chi connectivity index (χ0) is 29.5. The molecule has 0 bridgehead atoms. The predicted octanol–water partition coefficient (Wildman–Crippen LogP) is 6.55. The maximum Gasteiger partial charge on any atom is 0.111 e. The summed E-state index contributed by atoms with van der Waals surface area (Å²) in [7, 11) is 4.09. The van der Waals surface area contributed by atoms with Crippen molar-refractivity contribution in [2.24, 2.45) is 17.0 Å². The van der Waals surface area contributed by atoms with E-state index in [0.29, 0.717) is 34.6 Å². The summed E-state index contributed by atoms with van der Waals surface area (Å²) in [6.07, 6.45) is 13.0. The highest BCUT2D eigenvalue weighted by Gasteiger charge is 2.30. The number of anilines is 1. The third kappa shape index (κ3) is 7.11. The van der Waals surface area contributed by atoms with Crippen molar-refractivity contribution < 1.29 is 0 Å². The highest BCUT2D eigenvalue weighted by Crippen LogP contribution is 2.46. The Morgan fingerprint density at radius 3 is 2.76 bits per heavy atom. The number of rotatable bonds is 12. The van der Waals surface area contributed by atoms with Gasteiger partial charge in [-0.2, -0.15) is 10.4 Å². The summed E-state index contributed by atoms with van der Waals surface area (Å²) in [5.41, 5.74) is 13.2. The summed E-state index contributed by atoms with van der Waals surface area (Å²) in [6.45, 7) is 9.54. The van der Waals surface area contributed by atoms with E-state index >= 15 is 0 Å². The van der Waals surface area contributed by atoms with Gasteiger partial charge in [-0.1, -0.05) is 18.9 Å². The van der Waals surface area contributed by atoms with Crippen LogP contribution in [0.2, 0.25) is 0 Å². The van der Waals surface area contributed by atoms with Crippen LogP contribution in [0.15, 0.2) is 39.5 Å². The van der Waals surface area contributed by atoms with Gasteiger partial charge in [0, 0.05) is 35.8 Å². The molecular formula is C32H44N8S. The fourth-order valence-corrected chi connectivity index (χ4v) is 7.44. The van der Waals surface area contributed by atoms with Crippen LogP contribution < -0.4 is 5.73 Å². The van der Waals surface area contributed by atoms with Crippen molar-refractivity contribution in [3.05, 3.63) is 51.2 Å². The van der Waals surface area contributed by atoms with Gasteiger partial charge in [-0.25, -0.2) is 0 Å². The molecule has 0 saturated carbocycles. The van der Waals surface area contributed by atoms with Gasteiger partial charge in [0.15, 0.2) is 0 Å². The van der Waals surface area contributed by atoms with Gasteiger partial charge in [-0.15, -0.1) is 11.3 Å². The second kappa shape index (κ2) is 14.0. The maximum atomic E-state index is 9.85. The average Bonchev–Trinajstić information content (AvgIpc) is 3.67. The molecule has 0 amide bonds. The third-order valence-corrected chi connectivity index (χ3v) is 9.66. The lowest BCUT2D eigenvalue weighted by Gasteiger charge is -2.26. The van der Waals surface area contributed by atoms with Crippen LogP contribution >= 0.6 is 11.3 Å². The number of thiophene rings is 1. The number of fused-ring (bicyclic) bond motifs is 1. The van der Waals surface area contributed by atoms with Crippen molar-refractivity contribution in [2.75, 3.05) is 25.9 Å². The molecule has 3 N–H and O–H groups in total. The number of hydrogen-bond acceptors (Lipinski definition) is 8. The van der Waals surface area contributed by atoms with Crippen LogP contribution in [-0.2, 0) is 13.5 Å². The maximum absolute atomic E-state index is 9.85. The van der Waals surface area contributed by atoms with Crippen molar-refractivity contribution in [3.8, 4) is 6.07 Å². The number of aryl methyl sites for hydroxylation is 2. The minimum Gasteiger partial charge on any atom is -0.389 e. The van der Waals surface area contributed by atoms with Gasteiger partial charge in [-0.05, 0) is 102 Å². The van der Waals surface area contributed by atoms with E-state index in [4.69, 9.17) is 10.7 Å². The molecule has 41 heavy (non-hydrogen) atoms. The van der Waals surface area contributed by atoms with Gasteiger partial charge < -0.3 is 16.0 Å². The average molecular weight is 573 g/mol. The zero-order valence-electron chi connectivity index (χ0n) is 25.0. The smallest absolute Gasteiger partial charge is 0.111 e. The van der Waals surface area contributed by atoms with Crippen LogP contribution in [-0.4, -0.2) is 59.0 Å². The summed E-state index contributed by atoms with van der Waals surface area (Å²) in [5, 5.41) is 24.2. The molecular weight excluding hydrogens is 528 g/mol. The Morgan fingerprint density at radius 2 is 2.12 bits per heavy atom. The predicted molar refractivity (Wildman–Crippen MR) is 172 cm³/mol. The van der Waals surface area contributed by atoms with Gasteiger partial charge >= 0.3 is 0 Å². The first-order valence-corrected chi connectivity index (χ1v) is 15.6. The van der Waals surface area contributed by atoms with Gasteiger partial charge in [0.2, 0.25) is 0 Å². The first kappa shape index (κ1) is 30.6. The first-order valence-electron chi connectivity index (χ1n) is 14.8. The first-order chi connectivity index (χ1) is 19.8. The lowest BCUT2D eigenvalue weighted by molar-refractivity contribution is 0.300. The standard InChI is InChI=1S/C32H44N8S/c1-6-9-24(21(2)25-11-7-12-30-31(25)26(19-33)32(35)41-30)27(34)20-37-22(13-14-23-10-8-16-39(23)4)18-29(36-3)28-15-17-40(5)38-28/h15,17-18,23,25,34H,3,6-14,16,20,35H2,1-2,4-5H3/b24-21+,29-18-,34-27?,37-22?/t23-,25?/m0/s1. The molecule has 0 spiro atoms. The second-order valence-corrected chi connectivity index (χ2v) is 12.4. The zero-order valence-corrected chi connectivity index (χ0v) is 25.9.